The molecule has 0 aliphatic carbocycles. The number of amides is 2. The summed E-state index contributed by atoms with van der Waals surface area (Å²) in [5, 5.41) is 20.5. The Balaban J connectivity index is 1.76. The summed E-state index contributed by atoms with van der Waals surface area (Å²) in [6.45, 7) is -0.400. The first-order valence-electron chi connectivity index (χ1n) is 7.09. The summed E-state index contributed by atoms with van der Waals surface area (Å²) >= 11 is 0. The van der Waals surface area contributed by atoms with Crippen molar-refractivity contribution in [2.45, 2.75) is 11.7 Å². The third-order valence-electron chi connectivity index (χ3n) is 4.70. The zero-order valence-electron chi connectivity index (χ0n) is 11.8. The number of non-ortho nitro benzene ring substituents is 1. The zero-order valence-corrected chi connectivity index (χ0v) is 11.8. The number of carbonyl (C=O) groups is 2. The number of aliphatic hydroxyl groups excluding tert-OH is 1. The Morgan fingerprint density at radius 3 is 2.83 bits per heavy atom. The van der Waals surface area contributed by atoms with E-state index < -0.39 is 46.9 Å². The van der Waals surface area contributed by atoms with Crippen molar-refractivity contribution in [1.29, 1.82) is 0 Å². The van der Waals surface area contributed by atoms with Gasteiger partial charge in [0.2, 0.25) is 11.8 Å². The van der Waals surface area contributed by atoms with Crippen molar-refractivity contribution in [3.05, 3.63) is 46.5 Å². The third kappa shape index (κ3) is 1.67. The summed E-state index contributed by atoms with van der Waals surface area (Å²) in [4.78, 5) is 36.7. The normalized spacial score (nSPS) is 34.3. The molecule has 118 valence electrons. The molecule has 0 radical (unpaired) electrons. The molecule has 3 heterocycles. The second-order valence-corrected chi connectivity index (χ2v) is 5.85. The predicted molar refractivity (Wildman–Crippen MR) is 76.4 cm³/mol. The number of fused-ring (bicyclic) bond motifs is 5. The van der Waals surface area contributed by atoms with Crippen LogP contribution in [0.15, 0.2) is 36.4 Å². The summed E-state index contributed by atoms with van der Waals surface area (Å²) in [5.41, 5.74) is -1.21. The van der Waals surface area contributed by atoms with Crippen molar-refractivity contribution in [2.75, 3.05) is 11.5 Å². The smallest absolute Gasteiger partial charge is 0.271 e. The highest BCUT2D eigenvalue weighted by Crippen LogP contribution is 2.52. The summed E-state index contributed by atoms with van der Waals surface area (Å²) in [5.74, 6) is -2.44. The molecule has 1 N–H and O–H groups in total. The summed E-state index contributed by atoms with van der Waals surface area (Å²) in [6, 6.07) is 5.39. The second-order valence-electron chi connectivity index (χ2n) is 5.85. The highest BCUT2D eigenvalue weighted by Gasteiger charge is 2.67. The van der Waals surface area contributed by atoms with Gasteiger partial charge in [0, 0.05) is 12.1 Å². The van der Waals surface area contributed by atoms with E-state index in [0.717, 1.165) is 4.90 Å². The van der Waals surface area contributed by atoms with Crippen molar-refractivity contribution in [3.63, 3.8) is 0 Å². The lowest BCUT2D eigenvalue weighted by Crippen LogP contribution is -2.43. The first kappa shape index (κ1) is 14.0. The average Bonchev–Trinajstić information content (AvgIpc) is 3.18. The minimum atomic E-state index is -1.17. The maximum atomic E-state index is 12.7. The molecular formula is C15H12N2O6. The Labute approximate surface area is 130 Å². The van der Waals surface area contributed by atoms with Crippen molar-refractivity contribution in [2.24, 2.45) is 11.8 Å². The number of benzene rings is 1. The molecule has 0 spiro atoms. The van der Waals surface area contributed by atoms with E-state index in [9.17, 15) is 24.8 Å². The third-order valence-corrected chi connectivity index (χ3v) is 4.70. The van der Waals surface area contributed by atoms with Crippen LogP contribution in [0.4, 0.5) is 11.4 Å². The monoisotopic (exact) mass is 316 g/mol. The molecule has 2 fully saturated rings. The van der Waals surface area contributed by atoms with E-state index in [1.54, 1.807) is 12.2 Å². The van der Waals surface area contributed by atoms with Gasteiger partial charge in [0.05, 0.1) is 35.2 Å². The van der Waals surface area contributed by atoms with E-state index in [1.807, 2.05) is 0 Å². The second kappa shape index (κ2) is 4.46. The SMILES string of the molecule is O=C1[C@@H]2[C@@H](C(=O)N1c1cccc([N+](=O)[O-])c1)[C@]1(CO)C=C[C@H]2O1. The number of ether oxygens (including phenoxy) is 1. The first-order chi connectivity index (χ1) is 11.0. The number of nitro benzene ring substituents is 1. The van der Waals surface area contributed by atoms with Gasteiger partial charge >= 0.3 is 0 Å². The number of aliphatic hydroxyl groups is 1. The lowest BCUT2D eigenvalue weighted by Gasteiger charge is -2.26. The van der Waals surface area contributed by atoms with E-state index in [2.05, 4.69) is 0 Å². The number of nitro groups is 1. The topological polar surface area (TPSA) is 110 Å². The average molecular weight is 316 g/mol. The molecule has 1 aromatic carbocycles. The fraction of sp³-hybridized carbons (Fsp3) is 0.333. The summed E-state index contributed by atoms with van der Waals surface area (Å²) < 4.78 is 5.63. The van der Waals surface area contributed by atoms with Gasteiger partial charge in [0.25, 0.3) is 5.69 Å². The van der Waals surface area contributed by atoms with Crippen LogP contribution >= 0.6 is 0 Å². The van der Waals surface area contributed by atoms with E-state index >= 15 is 0 Å². The predicted octanol–water partition coefficient (Wildman–Crippen LogP) is 0.400. The fourth-order valence-corrected chi connectivity index (χ4v) is 3.68. The van der Waals surface area contributed by atoms with Crippen molar-refractivity contribution in [1.82, 2.24) is 0 Å². The maximum Gasteiger partial charge on any atom is 0.271 e. The van der Waals surface area contributed by atoms with Crippen LogP contribution in [0, 0.1) is 22.0 Å². The maximum absolute atomic E-state index is 12.7. The molecule has 8 heteroatoms. The number of imide groups is 1. The van der Waals surface area contributed by atoms with Gasteiger partial charge in [0.1, 0.15) is 5.60 Å². The van der Waals surface area contributed by atoms with Crippen LogP contribution in [-0.2, 0) is 14.3 Å². The number of carbonyl (C=O) groups excluding carboxylic acids is 2. The number of nitrogens with zero attached hydrogens (tertiary/aromatic N) is 2. The van der Waals surface area contributed by atoms with Crippen LogP contribution in [0.5, 0.6) is 0 Å². The molecule has 8 nitrogen and oxygen atoms in total. The number of anilines is 1. The van der Waals surface area contributed by atoms with Crippen LogP contribution in [-0.4, -0.2) is 40.2 Å². The van der Waals surface area contributed by atoms with Gasteiger partial charge in [-0.1, -0.05) is 18.2 Å². The van der Waals surface area contributed by atoms with Gasteiger partial charge < -0.3 is 9.84 Å². The standard InChI is InChI=1S/C15H12N2O6/c18-7-15-5-4-10(23-15)11-12(15)14(20)16(13(11)19)8-2-1-3-9(6-8)17(21)22/h1-6,10-12,18H,7H2/t10-,11+,12+,15-/m1/s1. The van der Waals surface area contributed by atoms with Crippen LogP contribution in [0.25, 0.3) is 0 Å². The Kier molecular flexibility index (Phi) is 2.72. The van der Waals surface area contributed by atoms with Crippen molar-refractivity contribution < 1.29 is 24.4 Å². The summed E-state index contributed by atoms with van der Waals surface area (Å²) in [7, 11) is 0. The molecule has 1 aromatic rings. The number of hydrogen-bond donors (Lipinski definition) is 1. The minimum absolute atomic E-state index is 0.163. The molecule has 4 rings (SSSR count). The summed E-state index contributed by atoms with van der Waals surface area (Å²) in [6.07, 6.45) is 2.76. The Hall–Kier alpha value is -2.58. The minimum Gasteiger partial charge on any atom is -0.393 e. The molecule has 3 aliphatic rings. The molecule has 4 atom stereocenters. The number of rotatable bonds is 3. The van der Waals surface area contributed by atoms with Gasteiger partial charge in [-0.2, -0.15) is 0 Å². The lowest BCUT2D eigenvalue weighted by molar-refractivity contribution is -0.384. The molecule has 0 aromatic heterocycles. The Morgan fingerprint density at radius 1 is 1.35 bits per heavy atom. The van der Waals surface area contributed by atoms with E-state index in [-0.39, 0.29) is 11.4 Å². The van der Waals surface area contributed by atoms with Crippen molar-refractivity contribution in [3.8, 4) is 0 Å². The molecule has 2 amide bonds. The van der Waals surface area contributed by atoms with Crippen LogP contribution < -0.4 is 4.90 Å². The van der Waals surface area contributed by atoms with Crippen LogP contribution in [0.2, 0.25) is 0 Å². The van der Waals surface area contributed by atoms with Crippen LogP contribution in [0.3, 0.4) is 0 Å². The molecule has 2 saturated heterocycles. The Bertz CT molecular complexity index is 775. The van der Waals surface area contributed by atoms with E-state index in [4.69, 9.17) is 4.74 Å². The highest BCUT2D eigenvalue weighted by molar-refractivity contribution is 6.23. The van der Waals surface area contributed by atoms with Gasteiger partial charge in [-0.3, -0.25) is 19.7 Å². The van der Waals surface area contributed by atoms with Gasteiger partial charge in [0.15, 0.2) is 0 Å². The first-order valence-corrected chi connectivity index (χ1v) is 7.09. The molecule has 23 heavy (non-hydrogen) atoms. The number of hydrogen-bond acceptors (Lipinski definition) is 6. The molecule has 0 unspecified atom stereocenters. The molecule has 2 bridgehead atoms. The quantitative estimate of drug-likeness (QED) is 0.374. The lowest BCUT2D eigenvalue weighted by atomic mass is 9.77. The van der Waals surface area contributed by atoms with Crippen molar-refractivity contribution >= 4 is 23.2 Å². The Morgan fingerprint density at radius 2 is 2.13 bits per heavy atom. The van der Waals surface area contributed by atoms with E-state index in [0.29, 0.717) is 0 Å². The molecule has 3 aliphatic heterocycles. The van der Waals surface area contributed by atoms with Crippen LogP contribution in [0.1, 0.15) is 0 Å². The molecule has 0 saturated carbocycles. The zero-order chi connectivity index (χ0) is 16.4. The largest absolute Gasteiger partial charge is 0.393 e. The molecular weight excluding hydrogens is 304 g/mol. The highest BCUT2D eigenvalue weighted by atomic mass is 16.6. The van der Waals surface area contributed by atoms with Gasteiger partial charge in [-0.15, -0.1) is 0 Å². The fourth-order valence-electron chi connectivity index (χ4n) is 3.68. The van der Waals surface area contributed by atoms with Gasteiger partial charge in [-0.25, -0.2) is 4.90 Å². The van der Waals surface area contributed by atoms with E-state index in [1.165, 1.54) is 24.3 Å². The van der Waals surface area contributed by atoms with Gasteiger partial charge in [-0.05, 0) is 6.07 Å².